The van der Waals surface area contributed by atoms with E-state index in [1.165, 1.54) is 0 Å². The van der Waals surface area contributed by atoms with Crippen molar-refractivity contribution in [2.75, 3.05) is 5.73 Å². The molecule has 4 nitrogen and oxygen atoms in total. The molecular formula is C12H14BrN3O. The second-order valence-corrected chi connectivity index (χ2v) is 5.70. The fraction of sp³-hybridized carbons (Fsp3) is 0.333. The maximum Gasteiger partial charge on any atom is 0.199 e. The third-order valence-electron chi connectivity index (χ3n) is 2.33. The molecule has 2 rings (SSSR count). The number of anilines is 1. The zero-order valence-corrected chi connectivity index (χ0v) is 11.6. The Balaban J connectivity index is 2.57. The first-order valence-corrected chi connectivity index (χ1v) is 6.05. The van der Waals surface area contributed by atoms with E-state index < -0.39 is 0 Å². The fourth-order valence-electron chi connectivity index (χ4n) is 1.41. The smallest absolute Gasteiger partial charge is 0.199 e. The lowest BCUT2D eigenvalue weighted by Gasteiger charge is -2.18. The zero-order chi connectivity index (χ0) is 12.6. The quantitative estimate of drug-likeness (QED) is 0.876. The summed E-state index contributed by atoms with van der Waals surface area (Å²) in [6.07, 6.45) is 1.59. The molecule has 0 aliphatic heterocycles. The van der Waals surface area contributed by atoms with Crippen molar-refractivity contribution >= 4 is 21.7 Å². The second-order valence-electron chi connectivity index (χ2n) is 4.85. The van der Waals surface area contributed by atoms with Crippen LogP contribution in [0.4, 0.5) is 5.82 Å². The molecule has 0 aliphatic rings. The Bertz CT molecular complexity index is 543. The van der Waals surface area contributed by atoms with Crippen molar-refractivity contribution in [2.45, 2.75) is 26.2 Å². The molecule has 0 aliphatic carbocycles. The minimum Gasteiger partial charge on any atom is -0.460 e. The first-order chi connectivity index (χ1) is 7.88. The fourth-order valence-corrected chi connectivity index (χ4v) is 1.78. The highest BCUT2D eigenvalue weighted by Crippen LogP contribution is 2.29. The Kier molecular flexibility index (Phi) is 2.95. The van der Waals surface area contributed by atoms with E-state index >= 15 is 0 Å². The van der Waals surface area contributed by atoms with Gasteiger partial charge in [-0.15, -0.1) is 0 Å². The normalized spacial score (nSPS) is 11.8. The van der Waals surface area contributed by atoms with Gasteiger partial charge in [0, 0.05) is 11.5 Å². The third kappa shape index (κ3) is 2.49. The van der Waals surface area contributed by atoms with E-state index in [1.54, 1.807) is 18.4 Å². The Morgan fingerprint density at radius 2 is 2.00 bits per heavy atom. The van der Waals surface area contributed by atoms with Crippen LogP contribution in [-0.2, 0) is 5.41 Å². The standard InChI is InChI=1S/C12H14BrN3O/c1-12(2,3)8-6-9(14)16-11(15-8)10-7(13)4-5-17-10/h4-6H,1-3H3,(H2,14,15,16). The van der Waals surface area contributed by atoms with Crippen LogP contribution in [0.1, 0.15) is 26.5 Å². The van der Waals surface area contributed by atoms with Crippen molar-refractivity contribution < 1.29 is 4.42 Å². The lowest BCUT2D eigenvalue weighted by Crippen LogP contribution is -2.15. The van der Waals surface area contributed by atoms with Gasteiger partial charge in [0.1, 0.15) is 5.82 Å². The highest BCUT2D eigenvalue weighted by Gasteiger charge is 2.19. The summed E-state index contributed by atoms with van der Waals surface area (Å²) in [4.78, 5) is 8.69. The van der Waals surface area contributed by atoms with Crippen LogP contribution in [0.25, 0.3) is 11.6 Å². The Morgan fingerprint density at radius 3 is 2.53 bits per heavy atom. The second kappa shape index (κ2) is 4.14. The number of hydrogen-bond acceptors (Lipinski definition) is 4. The Hall–Kier alpha value is -1.36. The van der Waals surface area contributed by atoms with Gasteiger partial charge in [-0.1, -0.05) is 20.8 Å². The van der Waals surface area contributed by atoms with Crippen LogP contribution in [0, 0.1) is 0 Å². The predicted molar refractivity (Wildman–Crippen MR) is 70.5 cm³/mol. The summed E-state index contributed by atoms with van der Waals surface area (Å²) in [5.74, 6) is 1.55. The number of furan rings is 1. The van der Waals surface area contributed by atoms with Gasteiger partial charge in [-0.2, -0.15) is 0 Å². The lowest BCUT2D eigenvalue weighted by atomic mass is 9.92. The lowest BCUT2D eigenvalue weighted by molar-refractivity contribution is 0.557. The summed E-state index contributed by atoms with van der Waals surface area (Å²) >= 11 is 3.39. The van der Waals surface area contributed by atoms with Crippen LogP contribution < -0.4 is 5.73 Å². The molecule has 0 atom stereocenters. The Morgan fingerprint density at radius 1 is 1.29 bits per heavy atom. The number of hydrogen-bond donors (Lipinski definition) is 1. The SMILES string of the molecule is CC(C)(C)c1cc(N)nc(-c2occc2Br)n1. The van der Waals surface area contributed by atoms with Crippen molar-refractivity contribution in [2.24, 2.45) is 0 Å². The molecule has 0 radical (unpaired) electrons. The molecule has 2 aromatic rings. The summed E-state index contributed by atoms with van der Waals surface area (Å²) in [6.45, 7) is 6.24. The molecule has 0 amide bonds. The molecule has 5 heteroatoms. The van der Waals surface area contributed by atoms with Crippen LogP contribution in [0.2, 0.25) is 0 Å². The van der Waals surface area contributed by atoms with Gasteiger partial charge < -0.3 is 10.2 Å². The minimum atomic E-state index is -0.0785. The van der Waals surface area contributed by atoms with Crippen molar-refractivity contribution in [3.05, 3.63) is 28.6 Å². The first kappa shape index (κ1) is 12.1. The number of rotatable bonds is 1. The molecule has 2 heterocycles. The van der Waals surface area contributed by atoms with Crippen molar-refractivity contribution in [3.8, 4) is 11.6 Å². The average Bonchev–Trinajstić information content (AvgIpc) is 2.62. The monoisotopic (exact) mass is 295 g/mol. The number of nitrogens with two attached hydrogens (primary N) is 1. The number of halogens is 1. The first-order valence-electron chi connectivity index (χ1n) is 5.26. The number of nitrogens with zero attached hydrogens (tertiary/aromatic N) is 2. The van der Waals surface area contributed by atoms with E-state index in [2.05, 4.69) is 46.7 Å². The molecular weight excluding hydrogens is 282 g/mol. The van der Waals surface area contributed by atoms with Crippen LogP contribution in [0.3, 0.4) is 0 Å². The molecule has 0 fully saturated rings. The third-order valence-corrected chi connectivity index (χ3v) is 2.96. The van der Waals surface area contributed by atoms with Crippen molar-refractivity contribution in [3.63, 3.8) is 0 Å². The maximum absolute atomic E-state index is 5.80. The summed E-state index contributed by atoms with van der Waals surface area (Å²) in [5, 5.41) is 0. The van der Waals surface area contributed by atoms with Gasteiger partial charge >= 0.3 is 0 Å². The van der Waals surface area contributed by atoms with E-state index in [9.17, 15) is 0 Å². The van der Waals surface area contributed by atoms with Gasteiger partial charge in [0.15, 0.2) is 11.6 Å². The highest BCUT2D eigenvalue weighted by molar-refractivity contribution is 9.10. The van der Waals surface area contributed by atoms with E-state index in [0.717, 1.165) is 10.2 Å². The van der Waals surface area contributed by atoms with Gasteiger partial charge in [-0.3, -0.25) is 0 Å². The molecule has 90 valence electrons. The molecule has 0 aromatic carbocycles. The topological polar surface area (TPSA) is 64.9 Å². The molecule has 0 bridgehead atoms. The van der Waals surface area contributed by atoms with Crippen LogP contribution in [0.15, 0.2) is 27.3 Å². The van der Waals surface area contributed by atoms with Crippen LogP contribution in [0.5, 0.6) is 0 Å². The molecule has 2 N–H and O–H groups in total. The van der Waals surface area contributed by atoms with Gasteiger partial charge in [0.2, 0.25) is 0 Å². The predicted octanol–water partition coefficient (Wildman–Crippen LogP) is 3.38. The molecule has 0 saturated heterocycles. The highest BCUT2D eigenvalue weighted by atomic mass is 79.9. The van der Waals surface area contributed by atoms with Crippen LogP contribution in [-0.4, -0.2) is 9.97 Å². The minimum absolute atomic E-state index is 0.0785. The van der Waals surface area contributed by atoms with E-state index in [0.29, 0.717) is 17.4 Å². The Labute approximate surface area is 108 Å². The molecule has 2 aromatic heterocycles. The molecule has 0 spiro atoms. The van der Waals surface area contributed by atoms with Crippen molar-refractivity contribution in [1.29, 1.82) is 0 Å². The largest absolute Gasteiger partial charge is 0.460 e. The van der Waals surface area contributed by atoms with Gasteiger partial charge in [0.05, 0.1) is 16.4 Å². The van der Waals surface area contributed by atoms with E-state index in [4.69, 9.17) is 10.2 Å². The summed E-state index contributed by atoms with van der Waals surface area (Å²) in [6, 6.07) is 3.60. The van der Waals surface area contributed by atoms with Gasteiger partial charge in [0.25, 0.3) is 0 Å². The number of aromatic nitrogens is 2. The summed E-state index contributed by atoms with van der Waals surface area (Å²) < 4.78 is 6.17. The molecule has 17 heavy (non-hydrogen) atoms. The van der Waals surface area contributed by atoms with Gasteiger partial charge in [-0.05, 0) is 22.0 Å². The van der Waals surface area contributed by atoms with Crippen LogP contribution >= 0.6 is 15.9 Å². The molecule has 0 unspecified atom stereocenters. The van der Waals surface area contributed by atoms with Crippen molar-refractivity contribution in [1.82, 2.24) is 9.97 Å². The summed E-state index contributed by atoms with van der Waals surface area (Å²) in [5.41, 5.74) is 6.62. The maximum atomic E-state index is 5.80. The van der Waals surface area contributed by atoms with E-state index in [-0.39, 0.29) is 5.41 Å². The number of nitrogen functional groups attached to an aromatic ring is 1. The summed E-state index contributed by atoms with van der Waals surface area (Å²) in [7, 11) is 0. The van der Waals surface area contributed by atoms with Gasteiger partial charge in [-0.25, -0.2) is 9.97 Å². The van der Waals surface area contributed by atoms with E-state index in [1.807, 2.05) is 0 Å². The zero-order valence-electron chi connectivity index (χ0n) is 9.99. The molecule has 0 saturated carbocycles. The average molecular weight is 296 g/mol.